The highest BCUT2D eigenvalue weighted by Gasteiger charge is 2.09. The average Bonchev–Trinajstić information content (AvgIpc) is 2.31. The van der Waals surface area contributed by atoms with Crippen LogP contribution in [0.4, 0.5) is 5.69 Å². The molecule has 1 aromatic rings. The molecule has 1 rings (SSSR count). The van der Waals surface area contributed by atoms with Gasteiger partial charge in [0.1, 0.15) is 6.61 Å². The van der Waals surface area contributed by atoms with Gasteiger partial charge >= 0.3 is 0 Å². The number of ether oxygens (including phenoxy) is 1. The summed E-state index contributed by atoms with van der Waals surface area (Å²) in [4.78, 5) is 22.1. The summed E-state index contributed by atoms with van der Waals surface area (Å²) in [6.45, 7) is 0.265. The topological polar surface area (TPSA) is 107 Å². The Bertz CT molecular complexity index is 451. The van der Waals surface area contributed by atoms with Crippen LogP contribution in [0, 0.1) is 0 Å². The summed E-state index contributed by atoms with van der Waals surface area (Å²) < 4.78 is 4.89. The van der Waals surface area contributed by atoms with Crippen molar-refractivity contribution >= 4 is 29.1 Å². The predicted molar refractivity (Wildman–Crippen MR) is 68.2 cm³/mol. The summed E-state index contributed by atoms with van der Waals surface area (Å²) in [7, 11) is 0. The van der Waals surface area contributed by atoms with Gasteiger partial charge in [0.2, 0.25) is 5.91 Å². The van der Waals surface area contributed by atoms with E-state index in [4.69, 9.17) is 27.8 Å². The highest BCUT2D eigenvalue weighted by molar-refractivity contribution is 6.34. The van der Waals surface area contributed by atoms with Crippen molar-refractivity contribution in [2.45, 2.75) is 0 Å². The number of primary amides is 1. The Hall–Kier alpha value is -1.79. The summed E-state index contributed by atoms with van der Waals surface area (Å²) >= 11 is 5.86. The second-order valence-electron chi connectivity index (χ2n) is 3.51. The third kappa shape index (κ3) is 4.60. The van der Waals surface area contributed by atoms with E-state index in [9.17, 15) is 9.59 Å². The van der Waals surface area contributed by atoms with Crippen molar-refractivity contribution in [2.24, 2.45) is 5.73 Å². The lowest BCUT2D eigenvalue weighted by Gasteiger charge is -2.07. The van der Waals surface area contributed by atoms with E-state index in [0.717, 1.165) is 0 Å². The molecule has 5 N–H and O–H groups in total. The van der Waals surface area contributed by atoms with Crippen LogP contribution in [0.1, 0.15) is 10.4 Å². The van der Waals surface area contributed by atoms with Gasteiger partial charge in [0.05, 0.1) is 17.2 Å². The van der Waals surface area contributed by atoms with Gasteiger partial charge in [-0.15, -0.1) is 0 Å². The summed E-state index contributed by atoms with van der Waals surface area (Å²) in [5.41, 5.74) is 11.2. The molecule has 0 unspecified atom stereocenters. The molecule has 0 spiro atoms. The molecule has 0 saturated carbocycles. The quantitative estimate of drug-likeness (QED) is 0.506. The van der Waals surface area contributed by atoms with Gasteiger partial charge in [-0.05, 0) is 18.2 Å². The normalized spacial score (nSPS) is 10.1. The molecule has 0 fully saturated rings. The van der Waals surface area contributed by atoms with E-state index < -0.39 is 5.91 Å². The lowest BCUT2D eigenvalue weighted by molar-refractivity contribution is -0.122. The molecule has 0 heterocycles. The zero-order valence-corrected chi connectivity index (χ0v) is 10.4. The fourth-order valence-electron chi connectivity index (χ4n) is 1.22. The Kier molecular flexibility index (Phi) is 5.41. The molecule has 0 bridgehead atoms. The maximum Gasteiger partial charge on any atom is 0.252 e. The van der Waals surface area contributed by atoms with Crippen molar-refractivity contribution in [3.05, 3.63) is 28.8 Å². The minimum absolute atomic E-state index is 0.172. The number of nitrogens with one attached hydrogen (secondary N) is 1. The Morgan fingerprint density at radius 1 is 1.39 bits per heavy atom. The van der Waals surface area contributed by atoms with Gasteiger partial charge in [0.25, 0.3) is 5.91 Å². The fraction of sp³-hybridized carbons (Fsp3) is 0.273. The van der Waals surface area contributed by atoms with E-state index in [1.807, 2.05) is 0 Å². The van der Waals surface area contributed by atoms with Crippen molar-refractivity contribution in [1.29, 1.82) is 0 Å². The van der Waals surface area contributed by atoms with Gasteiger partial charge in [-0.2, -0.15) is 0 Å². The van der Waals surface area contributed by atoms with Gasteiger partial charge in [0, 0.05) is 12.2 Å². The third-order valence-corrected chi connectivity index (χ3v) is 2.34. The van der Waals surface area contributed by atoms with Crippen molar-refractivity contribution in [3.8, 4) is 0 Å². The monoisotopic (exact) mass is 271 g/mol. The Labute approximate surface area is 109 Å². The minimum Gasteiger partial charge on any atom is -0.399 e. The minimum atomic E-state index is -0.555. The lowest BCUT2D eigenvalue weighted by atomic mass is 10.2. The van der Waals surface area contributed by atoms with Crippen LogP contribution in [0.15, 0.2) is 18.2 Å². The number of hydrogen-bond acceptors (Lipinski definition) is 4. The number of anilines is 1. The number of nitrogen functional groups attached to an aromatic ring is 1. The van der Waals surface area contributed by atoms with Crippen molar-refractivity contribution in [3.63, 3.8) is 0 Å². The first-order valence-corrected chi connectivity index (χ1v) is 5.58. The molecule has 2 amide bonds. The molecule has 0 saturated heterocycles. The fourth-order valence-corrected chi connectivity index (χ4v) is 1.42. The van der Waals surface area contributed by atoms with Gasteiger partial charge in [-0.25, -0.2) is 0 Å². The first-order valence-electron chi connectivity index (χ1n) is 5.20. The first kappa shape index (κ1) is 14.3. The average molecular weight is 272 g/mol. The van der Waals surface area contributed by atoms with Crippen LogP contribution in [0.5, 0.6) is 0 Å². The van der Waals surface area contributed by atoms with Crippen LogP contribution in [-0.2, 0) is 9.53 Å². The lowest BCUT2D eigenvalue weighted by Crippen LogP contribution is -2.29. The number of hydrogen-bond donors (Lipinski definition) is 3. The number of amides is 2. The molecule has 98 valence electrons. The summed E-state index contributed by atoms with van der Waals surface area (Å²) in [5.74, 6) is -0.907. The molecular weight excluding hydrogens is 258 g/mol. The van der Waals surface area contributed by atoms with Crippen LogP contribution in [-0.4, -0.2) is 31.6 Å². The Balaban J connectivity index is 2.41. The van der Waals surface area contributed by atoms with E-state index >= 15 is 0 Å². The van der Waals surface area contributed by atoms with Crippen LogP contribution in [0.25, 0.3) is 0 Å². The summed E-state index contributed by atoms with van der Waals surface area (Å²) in [6.07, 6.45) is 0. The second-order valence-corrected chi connectivity index (χ2v) is 3.92. The number of halogens is 1. The largest absolute Gasteiger partial charge is 0.399 e. The molecule has 0 atom stereocenters. The maximum absolute atomic E-state index is 11.7. The highest BCUT2D eigenvalue weighted by atomic mass is 35.5. The number of nitrogens with two attached hydrogens (primary N) is 2. The van der Waals surface area contributed by atoms with E-state index in [-0.39, 0.29) is 25.7 Å². The zero-order valence-electron chi connectivity index (χ0n) is 9.61. The van der Waals surface area contributed by atoms with Crippen LogP contribution < -0.4 is 16.8 Å². The first-order chi connectivity index (χ1) is 8.50. The van der Waals surface area contributed by atoms with E-state index in [1.165, 1.54) is 6.07 Å². The van der Waals surface area contributed by atoms with Gasteiger partial charge in [0.15, 0.2) is 0 Å². The molecule has 1 aromatic carbocycles. The van der Waals surface area contributed by atoms with Gasteiger partial charge in [-0.1, -0.05) is 11.6 Å². The van der Waals surface area contributed by atoms with E-state index in [1.54, 1.807) is 12.1 Å². The van der Waals surface area contributed by atoms with Crippen molar-refractivity contribution in [1.82, 2.24) is 5.32 Å². The molecule has 0 aliphatic heterocycles. The third-order valence-electron chi connectivity index (χ3n) is 2.01. The summed E-state index contributed by atoms with van der Waals surface area (Å²) in [6, 6.07) is 4.65. The molecular formula is C11H14ClN3O3. The Morgan fingerprint density at radius 2 is 2.11 bits per heavy atom. The Morgan fingerprint density at radius 3 is 2.78 bits per heavy atom. The molecule has 0 aliphatic rings. The number of rotatable bonds is 6. The van der Waals surface area contributed by atoms with Crippen molar-refractivity contribution in [2.75, 3.05) is 25.5 Å². The molecule has 0 aliphatic carbocycles. The van der Waals surface area contributed by atoms with Crippen molar-refractivity contribution < 1.29 is 14.3 Å². The molecule has 0 aromatic heterocycles. The smallest absolute Gasteiger partial charge is 0.252 e. The SMILES string of the molecule is NC(=O)COCCNC(=O)c1cc(N)ccc1Cl. The molecule has 0 radical (unpaired) electrons. The predicted octanol–water partition coefficient (Wildman–Crippen LogP) is 0.154. The molecule has 18 heavy (non-hydrogen) atoms. The van der Waals surface area contributed by atoms with Crippen LogP contribution in [0.3, 0.4) is 0 Å². The number of benzene rings is 1. The number of carbonyl (C=O) groups is 2. The van der Waals surface area contributed by atoms with E-state index in [2.05, 4.69) is 5.32 Å². The molecule has 6 nitrogen and oxygen atoms in total. The zero-order chi connectivity index (χ0) is 13.5. The second kappa shape index (κ2) is 6.83. The summed E-state index contributed by atoms with van der Waals surface area (Å²) in [5, 5.41) is 2.90. The molecule has 7 heteroatoms. The van der Waals surface area contributed by atoms with Crippen LogP contribution >= 0.6 is 11.6 Å². The van der Waals surface area contributed by atoms with Crippen LogP contribution in [0.2, 0.25) is 5.02 Å². The van der Waals surface area contributed by atoms with E-state index in [0.29, 0.717) is 16.3 Å². The standard InChI is InChI=1S/C11H14ClN3O3/c12-9-2-1-7(13)5-8(9)11(17)15-3-4-18-6-10(14)16/h1-2,5H,3-4,6,13H2,(H2,14,16)(H,15,17). The highest BCUT2D eigenvalue weighted by Crippen LogP contribution is 2.18. The van der Waals surface area contributed by atoms with Gasteiger partial charge < -0.3 is 21.5 Å². The van der Waals surface area contributed by atoms with Gasteiger partial charge in [-0.3, -0.25) is 9.59 Å². The number of carbonyl (C=O) groups excluding carboxylic acids is 2. The maximum atomic E-state index is 11.7.